The number of nitrogens with one attached hydrogen (secondary N) is 1. The molecule has 7 heteroatoms. The number of piperidine rings is 1. The van der Waals surface area contributed by atoms with Crippen LogP contribution in [0.25, 0.3) is 0 Å². The second-order valence-corrected chi connectivity index (χ2v) is 6.18. The topological polar surface area (TPSA) is 90.0 Å². The van der Waals surface area contributed by atoms with Crippen molar-refractivity contribution < 1.29 is 19.5 Å². The van der Waals surface area contributed by atoms with Gasteiger partial charge in [-0.1, -0.05) is 12.1 Å². The van der Waals surface area contributed by atoms with Crippen LogP contribution in [-0.2, 0) is 11.3 Å². The summed E-state index contributed by atoms with van der Waals surface area (Å²) >= 11 is 0. The van der Waals surface area contributed by atoms with Gasteiger partial charge in [0, 0.05) is 33.7 Å². The summed E-state index contributed by atoms with van der Waals surface area (Å²) in [7, 11) is 3.40. The van der Waals surface area contributed by atoms with Gasteiger partial charge in [0.15, 0.2) is 0 Å². The molecule has 0 spiro atoms. The SMILES string of the molecule is CN(C)C(=O)N1CCC[C@H](C(=O)NCc2ccc(C(=O)O)cc2)C1. The summed E-state index contributed by atoms with van der Waals surface area (Å²) in [5, 5.41) is 11.7. The highest BCUT2D eigenvalue weighted by atomic mass is 16.4. The lowest BCUT2D eigenvalue weighted by atomic mass is 9.97. The third-order valence-corrected chi connectivity index (χ3v) is 4.11. The van der Waals surface area contributed by atoms with Crippen molar-refractivity contribution in [2.75, 3.05) is 27.2 Å². The fraction of sp³-hybridized carbons (Fsp3) is 0.471. The van der Waals surface area contributed by atoms with E-state index in [9.17, 15) is 14.4 Å². The highest BCUT2D eigenvalue weighted by molar-refractivity contribution is 5.87. The molecule has 7 nitrogen and oxygen atoms in total. The molecule has 1 aliphatic rings. The maximum Gasteiger partial charge on any atom is 0.335 e. The van der Waals surface area contributed by atoms with Crippen molar-refractivity contribution in [1.82, 2.24) is 15.1 Å². The Labute approximate surface area is 141 Å². The Bertz CT molecular complexity index is 613. The van der Waals surface area contributed by atoms with Gasteiger partial charge in [0.05, 0.1) is 11.5 Å². The molecule has 0 aliphatic carbocycles. The number of rotatable bonds is 4. The molecule has 1 aromatic carbocycles. The Hall–Kier alpha value is -2.57. The average molecular weight is 333 g/mol. The minimum atomic E-state index is -0.974. The van der Waals surface area contributed by atoms with E-state index < -0.39 is 5.97 Å². The van der Waals surface area contributed by atoms with E-state index in [1.54, 1.807) is 31.1 Å². The second-order valence-electron chi connectivity index (χ2n) is 6.18. The molecule has 0 aromatic heterocycles. The summed E-state index contributed by atoms with van der Waals surface area (Å²) < 4.78 is 0. The molecule has 1 fully saturated rings. The van der Waals surface area contributed by atoms with Crippen molar-refractivity contribution in [2.45, 2.75) is 19.4 Å². The molecule has 3 amide bonds. The van der Waals surface area contributed by atoms with E-state index in [0.717, 1.165) is 18.4 Å². The molecule has 2 N–H and O–H groups in total. The first kappa shape index (κ1) is 17.8. The maximum absolute atomic E-state index is 12.3. The molecule has 2 rings (SSSR count). The summed E-state index contributed by atoms with van der Waals surface area (Å²) in [4.78, 5) is 38.4. The lowest BCUT2D eigenvalue weighted by Crippen LogP contribution is -2.48. The highest BCUT2D eigenvalue weighted by Crippen LogP contribution is 2.18. The summed E-state index contributed by atoms with van der Waals surface area (Å²) in [6, 6.07) is 6.33. The van der Waals surface area contributed by atoms with Crippen molar-refractivity contribution >= 4 is 17.9 Å². The van der Waals surface area contributed by atoms with E-state index >= 15 is 0 Å². The number of carboxylic acid groups (broad SMARTS) is 1. The predicted octanol–water partition coefficient (Wildman–Crippen LogP) is 1.39. The highest BCUT2D eigenvalue weighted by Gasteiger charge is 2.28. The van der Waals surface area contributed by atoms with Crippen LogP contribution in [0.15, 0.2) is 24.3 Å². The van der Waals surface area contributed by atoms with Gasteiger partial charge in [-0.05, 0) is 30.5 Å². The van der Waals surface area contributed by atoms with E-state index in [4.69, 9.17) is 5.11 Å². The zero-order valence-electron chi connectivity index (χ0n) is 14.0. The Balaban J connectivity index is 1.87. The molecule has 0 radical (unpaired) electrons. The molecule has 0 bridgehead atoms. The van der Waals surface area contributed by atoms with Gasteiger partial charge in [-0.2, -0.15) is 0 Å². The number of urea groups is 1. The van der Waals surface area contributed by atoms with Crippen LogP contribution in [0.5, 0.6) is 0 Å². The lowest BCUT2D eigenvalue weighted by Gasteiger charge is -2.33. The molecule has 1 aromatic rings. The first-order valence-electron chi connectivity index (χ1n) is 7.94. The Morgan fingerprint density at radius 1 is 1.25 bits per heavy atom. The number of carboxylic acids is 1. The van der Waals surface area contributed by atoms with Crippen LogP contribution in [-0.4, -0.2) is 60.0 Å². The van der Waals surface area contributed by atoms with Gasteiger partial charge in [-0.15, -0.1) is 0 Å². The van der Waals surface area contributed by atoms with Crippen molar-refractivity contribution in [3.8, 4) is 0 Å². The molecule has 24 heavy (non-hydrogen) atoms. The number of nitrogens with zero attached hydrogens (tertiary/aromatic N) is 2. The third-order valence-electron chi connectivity index (χ3n) is 4.11. The second kappa shape index (κ2) is 7.81. The largest absolute Gasteiger partial charge is 0.478 e. The Kier molecular flexibility index (Phi) is 5.78. The van der Waals surface area contributed by atoms with Crippen LogP contribution < -0.4 is 5.32 Å². The number of aromatic carboxylic acids is 1. The molecule has 1 saturated heterocycles. The third kappa shape index (κ3) is 4.47. The summed E-state index contributed by atoms with van der Waals surface area (Å²) in [5.41, 5.74) is 1.06. The van der Waals surface area contributed by atoms with Gasteiger partial charge in [0.1, 0.15) is 0 Å². The molecule has 1 heterocycles. The van der Waals surface area contributed by atoms with E-state index in [-0.39, 0.29) is 23.4 Å². The molecule has 1 atom stereocenters. The van der Waals surface area contributed by atoms with E-state index in [1.807, 2.05) is 0 Å². The minimum Gasteiger partial charge on any atom is -0.478 e. The van der Waals surface area contributed by atoms with Crippen LogP contribution >= 0.6 is 0 Å². The number of amides is 3. The normalized spacial score (nSPS) is 17.2. The van der Waals surface area contributed by atoms with Crippen LogP contribution in [0, 0.1) is 5.92 Å². The average Bonchev–Trinajstić information content (AvgIpc) is 2.59. The molecule has 1 aliphatic heterocycles. The van der Waals surface area contributed by atoms with Gasteiger partial charge in [-0.25, -0.2) is 9.59 Å². The maximum atomic E-state index is 12.3. The zero-order valence-corrected chi connectivity index (χ0v) is 14.0. The Morgan fingerprint density at radius 3 is 2.50 bits per heavy atom. The van der Waals surface area contributed by atoms with Crippen LogP contribution in [0.4, 0.5) is 4.79 Å². The molecule has 0 unspecified atom stereocenters. The van der Waals surface area contributed by atoms with E-state index in [0.29, 0.717) is 19.6 Å². The van der Waals surface area contributed by atoms with Crippen molar-refractivity contribution in [1.29, 1.82) is 0 Å². The summed E-state index contributed by atoms with van der Waals surface area (Å²) in [6.07, 6.45) is 1.58. The number of benzene rings is 1. The van der Waals surface area contributed by atoms with Gasteiger partial charge in [0.2, 0.25) is 5.91 Å². The fourth-order valence-electron chi connectivity index (χ4n) is 2.75. The monoisotopic (exact) mass is 333 g/mol. The number of carbonyl (C=O) groups is 3. The predicted molar refractivity (Wildman–Crippen MR) is 88.6 cm³/mol. The van der Waals surface area contributed by atoms with Gasteiger partial charge >= 0.3 is 12.0 Å². The molecule has 0 saturated carbocycles. The first-order valence-corrected chi connectivity index (χ1v) is 7.94. The van der Waals surface area contributed by atoms with Crippen molar-refractivity contribution in [3.63, 3.8) is 0 Å². The number of hydrogen-bond acceptors (Lipinski definition) is 3. The standard InChI is InChI=1S/C17H23N3O4/c1-19(2)17(24)20-9-3-4-14(11-20)15(21)18-10-12-5-7-13(8-6-12)16(22)23/h5-8,14H,3-4,9-11H2,1-2H3,(H,18,21)(H,22,23)/t14-/m0/s1. The first-order chi connectivity index (χ1) is 11.4. The minimum absolute atomic E-state index is 0.0724. The fourth-order valence-corrected chi connectivity index (χ4v) is 2.75. The molecule has 130 valence electrons. The number of likely N-dealkylation sites (tertiary alicyclic amines) is 1. The van der Waals surface area contributed by atoms with Crippen LogP contribution in [0.3, 0.4) is 0 Å². The summed E-state index contributed by atoms with van der Waals surface area (Å²) in [5.74, 6) is -1.26. The zero-order chi connectivity index (χ0) is 17.7. The van der Waals surface area contributed by atoms with E-state index in [1.165, 1.54) is 17.0 Å². The number of carbonyl (C=O) groups excluding carboxylic acids is 2. The molecular weight excluding hydrogens is 310 g/mol. The van der Waals surface area contributed by atoms with Crippen LogP contribution in [0.2, 0.25) is 0 Å². The smallest absolute Gasteiger partial charge is 0.335 e. The quantitative estimate of drug-likeness (QED) is 0.871. The van der Waals surface area contributed by atoms with E-state index in [2.05, 4.69) is 5.32 Å². The van der Waals surface area contributed by atoms with Gasteiger partial charge < -0.3 is 20.2 Å². The summed E-state index contributed by atoms with van der Waals surface area (Å²) in [6.45, 7) is 1.45. The van der Waals surface area contributed by atoms with Crippen LogP contribution in [0.1, 0.15) is 28.8 Å². The van der Waals surface area contributed by atoms with Crippen molar-refractivity contribution in [3.05, 3.63) is 35.4 Å². The molecular formula is C17H23N3O4. The van der Waals surface area contributed by atoms with Gasteiger partial charge in [0.25, 0.3) is 0 Å². The lowest BCUT2D eigenvalue weighted by molar-refractivity contribution is -0.126. The van der Waals surface area contributed by atoms with Crippen molar-refractivity contribution in [2.24, 2.45) is 5.92 Å². The number of hydrogen-bond donors (Lipinski definition) is 2. The van der Waals surface area contributed by atoms with Gasteiger partial charge in [-0.3, -0.25) is 4.79 Å². The Morgan fingerprint density at radius 2 is 1.92 bits per heavy atom.